The molecule has 0 saturated heterocycles. The van der Waals surface area contributed by atoms with Crippen molar-refractivity contribution in [3.8, 4) is 0 Å². The predicted octanol–water partition coefficient (Wildman–Crippen LogP) is 0.810. The Morgan fingerprint density at radius 1 is 1.50 bits per heavy atom. The first-order valence-electron chi connectivity index (χ1n) is 4.00. The first-order valence-corrected chi connectivity index (χ1v) is 4.00. The minimum atomic E-state index is -0.647. The molecule has 0 aromatic heterocycles. The zero-order valence-electron chi connectivity index (χ0n) is 8.05. The number of ketones is 1. The number of likely N-dealkylation sites (N-methyl/N-ethyl adjacent to an activating group) is 1. The summed E-state index contributed by atoms with van der Waals surface area (Å²) < 4.78 is 5.44. The average molecular weight is 169 g/mol. The van der Waals surface area contributed by atoms with Crippen LogP contribution in [0.25, 0.3) is 0 Å². The van der Waals surface area contributed by atoms with Gasteiger partial charge in [-0.1, -0.05) is 0 Å². The molecular formula is C9H15NO2. The SMILES string of the molecule is CN(C)CC1=CC(=O)C(C)(C)O1. The average Bonchev–Trinajstić information content (AvgIpc) is 2.04. The summed E-state index contributed by atoms with van der Waals surface area (Å²) in [5.74, 6) is 0.814. The number of hydrogen-bond donors (Lipinski definition) is 0. The van der Waals surface area contributed by atoms with Gasteiger partial charge in [0.25, 0.3) is 0 Å². The van der Waals surface area contributed by atoms with E-state index in [-0.39, 0.29) is 5.78 Å². The van der Waals surface area contributed by atoms with Crippen molar-refractivity contribution in [2.45, 2.75) is 19.4 Å². The fraction of sp³-hybridized carbons (Fsp3) is 0.667. The Hall–Kier alpha value is -0.830. The van der Waals surface area contributed by atoms with Crippen LogP contribution in [0, 0.1) is 0 Å². The van der Waals surface area contributed by atoms with Crippen LogP contribution in [0.3, 0.4) is 0 Å². The van der Waals surface area contributed by atoms with E-state index in [1.165, 1.54) is 0 Å². The minimum absolute atomic E-state index is 0.0550. The van der Waals surface area contributed by atoms with Crippen molar-refractivity contribution in [3.05, 3.63) is 11.8 Å². The summed E-state index contributed by atoms with van der Waals surface area (Å²) in [4.78, 5) is 13.2. The largest absolute Gasteiger partial charge is 0.483 e. The van der Waals surface area contributed by atoms with Crippen LogP contribution in [-0.2, 0) is 9.53 Å². The topological polar surface area (TPSA) is 29.5 Å². The second kappa shape index (κ2) is 2.90. The Kier molecular flexibility index (Phi) is 2.24. The maximum absolute atomic E-state index is 11.3. The van der Waals surface area contributed by atoms with Gasteiger partial charge in [-0.3, -0.25) is 4.79 Å². The van der Waals surface area contributed by atoms with Crippen LogP contribution in [0.2, 0.25) is 0 Å². The molecule has 0 spiro atoms. The molecule has 0 amide bonds. The lowest BCUT2D eigenvalue weighted by Crippen LogP contribution is -2.28. The Bertz CT molecular complexity index is 229. The molecule has 0 unspecified atom stereocenters. The van der Waals surface area contributed by atoms with Crippen LogP contribution >= 0.6 is 0 Å². The predicted molar refractivity (Wildman–Crippen MR) is 46.8 cm³/mol. The quantitative estimate of drug-likeness (QED) is 0.612. The second-order valence-electron chi connectivity index (χ2n) is 3.83. The summed E-state index contributed by atoms with van der Waals surface area (Å²) in [6, 6.07) is 0. The third kappa shape index (κ3) is 1.85. The van der Waals surface area contributed by atoms with E-state index in [0.717, 1.165) is 5.76 Å². The molecule has 0 aromatic carbocycles. The lowest BCUT2D eigenvalue weighted by molar-refractivity contribution is -0.127. The van der Waals surface area contributed by atoms with Gasteiger partial charge < -0.3 is 9.64 Å². The van der Waals surface area contributed by atoms with Crippen LogP contribution in [0.15, 0.2) is 11.8 Å². The summed E-state index contributed by atoms with van der Waals surface area (Å²) in [5.41, 5.74) is -0.647. The lowest BCUT2D eigenvalue weighted by atomic mass is 10.1. The van der Waals surface area contributed by atoms with Crippen molar-refractivity contribution in [3.63, 3.8) is 0 Å². The highest BCUT2D eigenvalue weighted by molar-refractivity contribution is 5.98. The van der Waals surface area contributed by atoms with Gasteiger partial charge >= 0.3 is 0 Å². The Balaban J connectivity index is 2.62. The Labute approximate surface area is 73.0 Å². The standard InChI is InChI=1S/C9H15NO2/c1-9(2)8(11)5-7(12-9)6-10(3)4/h5H,6H2,1-4H3. The molecule has 3 heteroatoms. The van der Waals surface area contributed by atoms with Crippen molar-refractivity contribution in [2.24, 2.45) is 0 Å². The molecule has 1 aliphatic rings. The molecule has 0 radical (unpaired) electrons. The van der Waals surface area contributed by atoms with Crippen molar-refractivity contribution >= 4 is 5.78 Å². The molecule has 12 heavy (non-hydrogen) atoms. The Morgan fingerprint density at radius 3 is 2.42 bits per heavy atom. The summed E-state index contributed by atoms with van der Waals surface area (Å²) in [7, 11) is 3.89. The number of carbonyl (C=O) groups excluding carboxylic acids is 1. The first-order chi connectivity index (χ1) is 5.42. The number of rotatable bonds is 2. The molecule has 1 aliphatic heterocycles. The fourth-order valence-electron chi connectivity index (χ4n) is 1.12. The highest BCUT2D eigenvalue weighted by atomic mass is 16.5. The zero-order valence-corrected chi connectivity index (χ0v) is 8.05. The van der Waals surface area contributed by atoms with Crippen molar-refractivity contribution in [1.82, 2.24) is 4.90 Å². The van der Waals surface area contributed by atoms with Crippen LogP contribution < -0.4 is 0 Å². The Morgan fingerprint density at radius 2 is 2.08 bits per heavy atom. The van der Waals surface area contributed by atoms with Crippen molar-refractivity contribution < 1.29 is 9.53 Å². The molecule has 3 nitrogen and oxygen atoms in total. The van der Waals surface area contributed by atoms with E-state index in [1.807, 2.05) is 19.0 Å². The van der Waals surface area contributed by atoms with Crippen LogP contribution in [-0.4, -0.2) is 36.9 Å². The highest BCUT2D eigenvalue weighted by Gasteiger charge is 2.34. The van der Waals surface area contributed by atoms with E-state index in [9.17, 15) is 4.79 Å². The van der Waals surface area contributed by atoms with Crippen molar-refractivity contribution in [1.29, 1.82) is 0 Å². The van der Waals surface area contributed by atoms with Crippen LogP contribution in [0.1, 0.15) is 13.8 Å². The monoisotopic (exact) mass is 169 g/mol. The molecule has 1 heterocycles. The van der Waals surface area contributed by atoms with Gasteiger partial charge in [0.1, 0.15) is 5.76 Å². The maximum atomic E-state index is 11.3. The third-order valence-corrected chi connectivity index (χ3v) is 1.74. The number of ether oxygens (including phenoxy) is 1. The van der Waals surface area contributed by atoms with Gasteiger partial charge in [0.2, 0.25) is 5.78 Å². The molecule has 0 bridgehead atoms. The van der Waals surface area contributed by atoms with E-state index < -0.39 is 5.60 Å². The summed E-state index contributed by atoms with van der Waals surface area (Å²) in [5, 5.41) is 0. The number of nitrogens with zero attached hydrogens (tertiary/aromatic N) is 1. The fourth-order valence-corrected chi connectivity index (χ4v) is 1.12. The summed E-state index contributed by atoms with van der Waals surface area (Å²) in [6.07, 6.45) is 1.58. The van der Waals surface area contributed by atoms with Gasteiger partial charge in [-0.15, -0.1) is 0 Å². The van der Waals surface area contributed by atoms with E-state index in [2.05, 4.69) is 0 Å². The van der Waals surface area contributed by atoms with Crippen LogP contribution in [0.5, 0.6) is 0 Å². The molecule has 1 rings (SSSR count). The normalized spacial score (nSPS) is 21.1. The molecular weight excluding hydrogens is 154 g/mol. The van der Waals surface area contributed by atoms with Gasteiger partial charge in [-0.2, -0.15) is 0 Å². The summed E-state index contributed by atoms with van der Waals surface area (Å²) >= 11 is 0. The first kappa shape index (κ1) is 9.26. The maximum Gasteiger partial charge on any atom is 0.201 e. The van der Waals surface area contributed by atoms with Gasteiger partial charge in [-0.05, 0) is 27.9 Å². The smallest absolute Gasteiger partial charge is 0.201 e. The third-order valence-electron chi connectivity index (χ3n) is 1.74. The molecule has 0 aliphatic carbocycles. The van der Waals surface area contributed by atoms with Gasteiger partial charge in [-0.25, -0.2) is 0 Å². The molecule has 0 aromatic rings. The number of carbonyl (C=O) groups is 1. The van der Waals surface area contributed by atoms with E-state index in [4.69, 9.17) is 4.74 Å². The number of hydrogen-bond acceptors (Lipinski definition) is 3. The van der Waals surface area contributed by atoms with Crippen LogP contribution in [0.4, 0.5) is 0 Å². The summed E-state index contributed by atoms with van der Waals surface area (Å²) in [6.45, 7) is 4.26. The minimum Gasteiger partial charge on any atom is -0.483 e. The van der Waals surface area contributed by atoms with E-state index in [0.29, 0.717) is 6.54 Å². The zero-order chi connectivity index (χ0) is 9.35. The molecule has 68 valence electrons. The highest BCUT2D eigenvalue weighted by Crippen LogP contribution is 2.23. The molecule has 0 atom stereocenters. The van der Waals surface area contributed by atoms with Gasteiger partial charge in [0, 0.05) is 6.08 Å². The van der Waals surface area contributed by atoms with Gasteiger partial charge in [0.05, 0.1) is 6.54 Å². The second-order valence-corrected chi connectivity index (χ2v) is 3.83. The van der Waals surface area contributed by atoms with Crippen molar-refractivity contribution in [2.75, 3.05) is 20.6 Å². The van der Waals surface area contributed by atoms with E-state index in [1.54, 1.807) is 19.9 Å². The lowest BCUT2D eigenvalue weighted by Gasteiger charge is -2.19. The molecule has 0 N–H and O–H groups in total. The molecule has 0 saturated carbocycles. The van der Waals surface area contributed by atoms with E-state index >= 15 is 0 Å². The van der Waals surface area contributed by atoms with Gasteiger partial charge in [0.15, 0.2) is 5.60 Å². The molecule has 0 fully saturated rings.